The fourth-order valence-electron chi connectivity index (χ4n) is 5.60. The number of pyridine rings is 1. The van der Waals surface area contributed by atoms with Crippen molar-refractivity contribution in [3.8, 4) is 11.1 Å². The van der Waals surface area contributed by atoms with E-state index in [1.54, 1.807) is 6.33 Å². The Balaban J connectivity index is 1.45. The number of imidazole rings is 2. The number of aromatic nitrogens is 7. The van der Waals surface area contributed by atoms with Crippen LogP contribution in [0.3, 0.4) is 0 Å². The molecule has 0 bridgehead atoms. The molecule has 0 aliphatic rings. The molecular formula is C29H19N7. The lowest BCUT2D eigenvalue weighted by atomic mass is 9.94. The van der Waals surface area contributed by atoms with Crippen LogP contribution in [0.5, 0.6) is 0 Å². The monoisotopic (exact) mass is 465 g/mol. The van der Waals surface area contributed by atoms with Crippen LogP contribution in [0.15, 0.2) is 67.4 Å². The van der Waals surface area contributed by atoms with Crippen LogP contribution in [-0.2, 0) is 0 Å². The third-order valence-corrected chi connectivity index (χ3v) is 7.15. The molecule has 7 nitrogen and oxygen atoms in total. The number of hydrogen-bond acceptors (Lipinski definition) is 5. The molecule has 36 heavy (non-hydrogen) atoms. The summed E-state index contributed by atoms with van der Waals surface area (Å²) in [5, 5.41) is 7.73. The molecule has 8 rings (SSSR count). The van der Waals surface area contributed by atoms with E-state index in [-0.39, 0.29) is 0 Å². The Hall–Kier alpha value is -4.91. The highest BCUT2D eigenvalue weighted by molar-refractivity contribution is 6.24. The first kappa shape index (κ1) is 19.4. The SMILES string of the molecule is Cc1nc2c3cnccc3c3cc(-c4ccc5c(c4)c4cncnc4c4[nH]c(C)nc54)ccc3c2[nH]1. The number of aromatic amines is 2. The van der Waals surface area contributed by atoms with Crippen LogP contribution in [0.25, 0.3) is 76.4 Å². The summed E-state index contributed by atoms with van der Waals surface area (Å²) >= 11 is 0. The highest BCUT2D eigenvalue weighted by Crippen LogP contribution is 2.38. The number of aryl methyl sites for hydroxylation is 2. The largest absolute Gasteiger partial charge is 0.342 e. The molecule has 0 aliphatic heterocycles. The first-order chi connectivity index (χ1) is 17.7. The van der Waals surface area contributed by atoms with Crippen molar-refractivity contribution in [2.24, 2.45) is 0 Å². The van der Waals surface area contributed by atoms with Gasteiger partial charge >= 0.3 is 0 Å². The molecule has 0 saturated heterocycles. The van der Waals surface area contributed by atoms with Crippen LogP contribution in [0.4, 0.5) is 0 Å². The molecule has 7 heteroatoms. The smallest absolute Gasteiger partial charge is 0.116 e. The number of H-pyrrole nitrogens is 2. The van der Waals surface area contributed by atoms with Gasteiger partial charge in [0, 0.05) is 40.1 Å². The zero-order valence-corrected chi connectivity index (χ0v) is 19.6. The second-order valence-corrected chi connectivity index (χ2v) is 9.32. The first-order valence-corrected chi connectivity index (χ1v) is 11.8. The number of fused-ring (bicyclic) bond motifs is 12. The maximum atomic E-state index is 4.77. The summed E-state index contributed by atoms with van der Waals surface area (Å²) in [6, 6.07) is 15.3. The molecule has 4 aromatic heterocycles. The topological polar surface area (TPSA) is 96.0 Å². The van der Waals surface area contributed by atoms with E-state index in [2.05, 4.69) is 67.4 Å². The van der Waals surface area contributed by atoms with Crippen molar-refractivity contribution in [2.75, 3.05) is 0 Å². The van der Waals surface area contributed by atoms with Crippen LogP contribution in [0.1, 0.15) is 11.6 Å². The summed E-state index contributed by atoms with van der Waals surface area (Å²) in [7, 11) is 0. The zero-order valence-electron chi connectivity index (χ0n) is 19.6. The second kappa shape index (κ2) is 6.82. The van der Waals surface area contributed by atoms with E-state index < -0.39 is 0 Å². The van der Waals surface area contributed by atoms with Gasteiger partial charge in [0.2, 0.25) is 0 Å². The van der Waals surface area contributed by atoms with E-state index in [1.165, 1.54) is 5.39 Å². The fourth-order valence-corrected chi connectivity index (χ4v) is 5.60. The zero-order chi connectivity index (χ0) is 24.0. The maximum absolute atomic E-state index is 4.77. The Morgan fingerprint density at radius 2 is 1.19 bits per heavy atom. The Labute approximate surface area is 204 Å². The van der Waals surface area contributed by atoms with E-state index >= 15 is 0 Å². The quantitative estimate of drug-likeness (QED) is 0.269. The summed E-state index contributed by atoms with van der Waals surface area (Å²) in [5.41, 5.74) is 7.06. The predicted molar refractivity (Wildman–Crippen MR) is 144 cm³/mol. The van der Waals surface area contributed by atoms with Crippen molar-refractivity contribution in [3.05, 3.63) is 79.0 Å². The van der Waals surface area contributed by atoms with Crippen molar-refractivity contribution < 1.29 is 0 Å². The molecule has 0 atom stereocenters. The van der Waals surface area contributed by atoms with Gasteiger partial charge in [-0.05, 0) is 59.3 Å². The molecular weight excluding hydrogens is 446 g/mol. The summed E-state index contributed by atoms with van der Waals surface area (Å²) in [4.78, 5) is 29.6. The molecule has 0 saturated carbocycles. The number of rotatable bonds is 1. The number of benzene rings is 4. The summed E-state index contributed by atoms with van der Waals surface area (Å²) in [5.74, 6) is 1.77. The van der Waals surface area contributed by atoms with Gasteiger partial charge in [0.15, 0.2) is 0 Å². The Kier molecular flexibility index (Phi) is 3.68. The van der Waals surface area contributed by atoms with E-state index in [4.69, 9.17) is 9.97 Å². The van der Waals surface area contributed by atoms with Crippen molar-refractivity contribution in [2.45, 2.75) is 13.8 Å². The minimum Gasteiger partial charge on any atom is -0.342 e. The Morgan fingerprint density at radius 3 is 2.00 bits per heavy atom. The average molecular weight is 466 g/mol. The van der Waals surface area contributed by atoms with Crippen molar-refractivity contribution >= 4 is 65.3 Å². The van der Waals surface area contributed by atoms with E-state index in [0.717, 1.165) is 82.7 Å². The van der Waals surface area contributed by atoms with Gasteiger partial charge in [0.25, 0.3) is 0 Å². The lowest BCUT2D eigenvalue weighted by molar-refractivity contribution is 1.17. The van der Waals surface area contributed by atoms with Gasteiger partial charge in [-0.1, -0.05) is 24.3 Å². The molecule has 0 aliphatic carbocycles. The lowest BCUT2D eigenvalue weighted by Crippen LogP contribution is -1.88. The molecule has 8 aromatic rings. The minimum absolute atomic E-state index is 0.873. The maximum Gasteiger partial charge on any atom is 0.116 e. The fraction of sp³-hybridized carbons (Fsp3) is 0.0690. The van der Waals surface area contributed by atoms with Gasteiger partial charge < -0.3 is 9.97 Å². The second-order valence-electron chi connectivity index (χ2n) is 9.32. The number of hydrogen-bond donors (Lipinski definition) is 2. The van der Waals surface area contributed by atoms with Gasteiger partial charge in [-0.2, -0.15) is 0 Å². The van der Waals surface area contributed by atoms with Crippen molar-refractivity contribution in [1.29, 1.82) is 0 Å². The van der Waals surface area contributed by atoms with Crippen molar-refractivity contribution in [1.82, 2.24) is 34.9 Å². The molecule has 0 fully saturated rings. The molecule has 4 aromatic carbocycles. The number of nitrogens with zero attached hydrogens (tertiary/aromatic N) is 5. The van der Waals surface area contributed by atoms with Crippen LogP contribution < -0.4 is 0 Å². The third-order valence-electron chi connectivity index (χ3n) is 7.15. The Morgan fingerprint density at radius 1 is 0.556 bits per heavy atom. The van der Waals surface area contributed by atoms with Gasteiger partial charge in [-0.15, -0.1) is 0 Å². The third kappa shape index (κ3) is 2.54. The molecule has 0 spiro atoms. The van der Waals surface area contributed by atoms with E-state index in [0.29, 0.717) is 0 Å². The average Bonchev–Trinajstić information content (AvgIpc) is 3.51. The molecule has 0 amide bonds. The van der Waals surface area contributed by atoms with E-state index in [1.807, 2.05) is 32.4 Å². The van der Waals surface area contributed by atoms with Crippen molar-refractivity contribution in [3.63, 3.8) is 0 Å². The van der Waals surface area contributed by atoms with Gasteiger partial charge in [0.05, 0.1) is 27.6 Å². The van der Waals surface area contributed by atoms with Crippen LogP contribution >= 0.6 is 0 Å². The molecule has 0 radical (unpaired) electrons. The molecule has 0 unspecified atom stereocenters. The van der Waals surface area contributed by atoms with Gasteiger partial charge in [-0.3, -0.25) is 4.98 Å². The number of nitrogens with one attached hydrogen (secondary N) is 2. The summed E-state index contributed by atoms with van der Waals surface area (Å²) in [6.07, 6.45) is 7.24. The lowest BCUT2D eigenvalue weighted by Gasteiger charge is -2.11. The highest BCUT2D eigenvalue weighted by atomic mass is 14.9. The normalized spacial score (nSPS) is 12.2. The summed E-state index contributed by atoms with van der Waals surface area (Å²) in [6.45, 7) is 3.96. The molecule has 170 valence electrons. The van der Waals surface area contributed by atoms with Gasteiger partial charge in [-0.25, -0.2) is 19.9 Å². The first-order valence-electron chi connectivity index (χ1n) is 11.8. The predicted octanol–water partition coefficient (Wildman–Crippen LogP) is 6.52. The molecule has 4 heterocycles. The van der Waals surface area contributed by atoms with Crippen LogP contribution in [0.2, 0.25) is 0 Å². The standard InChI is InChI=1S/C29H19N7/c1-14-33-26-19-5-3-16(9-21(19)18-7-8-30-11-23(18)28(26)35-14)17-4-6-20-22(10-17)24-12-31-13-32-25(24)29-27(20)34-15(2)36-29/h3-13H,1-2H3,(H,33,35)(H,34,36). The minimum atomic E-state index is 0.873. The summed E-state index contributed by atoms with van der Waals surface area (Å²) < 4.78 is 0. The molecule has 2 N–H and O–H groups in total. The van der Waals surface area contributed by atoms with Crippen LogP contribution in [-0.4, -0.2) is 34.9 Å². The van der Waals surface area contributed by atoms with E-state index in [9.17, 15) is 0 Å². The highest BCUT2D eigenvalue weighted by Gasteiger charge is 2.16. The van der Waals surface area contributed by atoms with Crippen LogP contribution in [0, 0.1) is 13.8 Å². The van der Waals surface area contributed by atoms with Gasteiger partial charge in [0.1, 0.15) is 18.0 Å². The Bertz CT molecular complexity index is 2030.